The summed E-state index contributed by atoms with van der Waals surface area (Å²) in [6.45, 7) is 12.2. The van der Waals surface area contributed by atoms with Gasteiger partial charge < -0.3 is 9.30 Å². The van der Waals surface area contributed by atoms with Crippen LogP contribution < -0.4 is 4.74 Å². The fraction of sp³-hybridized carbons (Fsp3) is 0.464. The van der Waals surface area contributed by atoms with Crippen molar-refractivity contribution in [3.05, 3.63) is 81.3 Å². The molecule has 0 fully saturated rings. The van der Waals surface area contributed by atoms with Gasteiger partial charge in [-0.1, -0.05) is 68.7 Å². The Hall–Kier alpha value is -2.07. The summed E-state index contributed by atoms with van der Waals surface area (Å²) in [5, 5.41) is 0. The second-order valence-electron chi connectivity index (χ2n) is 10.5. The highest BCUT2D eigenvalue weighted by atomic mass is 79.9. The van der Waals surface area contributed by atoms with E-state index in [0.717, 1.165) is 22.5 Å². The summed E-state index contributed by atoms with van der Waals surface area (Å²) >= 11 is 3.82. The van der Waals surface area contributed by atoms with Crippen molar-refractivity contribution >= 4 is 15.9 Å². The normalized spacial score (nSPS) is 17.6. The zero-order chi connectivity index (χ0) is 23.1. The first-order valence-corrected chi connectivity index (χ1v) is 12.4. The van der Waals surface area contributed by atoms with E-state index in [0.29, 0.717) is 12.5 Å². The molecule has 1 aromatic heterocycles. The van der Waals surface area contributed by atoms with Crippen molar-refractivity contribution in [2.75, 3.05) is 0 Å². The van der Waals surface area contributed by atoms with Crippen LogP contribution in [0.25, 0.3) is 0 Å². The number of halogens is 1. The number of nitrogens with zero attached hydrogens (tertiary/aromatic N) is 2. The SMILES string of the molecule is CCC(c1ccc(OCc2cc3c(cc2Br)C(C)(C)CCC3(C)C)cc1)c1nccn1C. The molecule has 1 atom stereocenters. The molecule has 3 nitrogen and oxygen atoms in total. The van der Waals surface area contributed by atoms with Crippen molar-refractivity contribution in [1.29, 1.82) is 0 Å². The Morgan fingerprint density at radius 2 is 1.66 bits per heavy atom. The van der Waals surface area contributed by atoms with Gasteiger partial charge in [0.25, 0.3) is 0 Å². The molecule has 4 heteroatoms. The molecular weight excluding hydrogens is 460 g/mol. The molecular formula is C28H35BrN2O. The Bertz CT molecular complexity index is 1100. The van der Waals surface area contributed by atoms with Crippen LogP contribution in [0.2, 0.25) is 0 Å². The van der Waals surface area contributed by atoms with Crippen molar-refractivity contribution in [2.24, 2.45) is 7.05 Å². The number of rotatable bonds is 6. The van der Waals surface area contributed by atoms with E-state index in [1.165, 1.54) is 35.1 Å². The maximum absolute atomic E-state index is 6.22. The van der Waals surface area contributed by atoms with Gasteiger partial charge in [0.1, 0.15) is 18.2 Å². The first-order valence-electron chi connectivity index (χ1n) is 11.7. The van der Waals surface area contributed by atoms with Gasteiger partial charge in [0.2, 0.25) is 0 Å². The van der Waals surface area contributed by atoms with Gasteiger partial charge >= 0.3 is 0 Å². The van der Waals surface area contributed by atoms with E-state index >= 15 is 0 Å². The highest BCUT2D eigenvalue weighted by Gasteiger charge is 2.37. The average molecular weight is 496 g/mol. The van der Waals surface area contributed by atoms with Gasteiger partial charge in [0, 0.05) is 35.4 Å². The summed E-state index contributed by atoms with van der Waals surface area (Å²) in [6.07, 6.45) is 7.32. The van der Waals surface area contributed by atoms with Gasteiger partial charge in [-0.15, -0.1) is 0 Å². The molecule has 0 bridgehead atoms. The second-order valence-corrected chi connectivity index (χ2v) is 11.3. The van der Waals surface area contributed by atoms with Crippen LogP contribution >= 0.6 is 15.9 Å². The Morgan fingerprint density at radius 3 is 2.22 bits per heavy atom. The van der Waals surface area contributed by atoms with Gasteiger partial charge in [-0.3, -0.25) is 0 Å². The van der Waals surface area contributed by atoms with Gasteiger partial charge in [-0.05, 0) is 65.0 Å². The van der Waals surface area contributed by atoms with E-state index in [1.54, 1.807) is 0 Å². The van der Waals surface area contributed by atoms with E-state index in [-0.39, 0.29) is 10.8 Å². The Balaban J connectivity index is 1.53. The van der Waals surface area contributed by atoms with Gasteiger partial charge in [-0.2, -0.15) is 0 Å². The van der Waals surface area contributed by atoms with Gasteiger partial charge in [-0.25, -0.2) is 4.98 Å². The minimum absolute atomic E-state index is 0.197. The van der Waals surface area contributed by atoms with Gasteiger partial charge in [0.05, 0.1) is 0 Å². The van der Waals surface area contributed by atoms with Crippen LogP contribution in [-0.2, 0) is 24.5 Å². The number of hydrogen-bond acceptors (Lipinski definition) is 2. The molecule has 0 amide bonds. The number of hydrogen-bond donors (Lipinski definition) is 0. The van der Waals surface area contributed by atoms with E-state index in [1.807, 2.05) is 12.4 Å². The number of imidazole rings is 1. The smallest absolute Gasteiger partial charge is 0.119 e. The summed E-state index contributed by atoms with van der Waals surface area (Å²) in [5.74, 6) is 2.29. The third kappa shape index (κ3) is 4.39. The zero-order valence-electron chi connectivity index (χ0n) is 20.2. The van der Waals surface area contributed by atoms with Crippen LogP contribution in [0.15, 0.2) is 53.3 Å². The predicted molar refractivity (Wildman–Crippen MR) is 136 cm³/mol. The van der Waals surface area contributed by atoms with Crippen LogP contribution in [0.3, 0.4) is 0 Å². The van der Waals surface area contributed by atoms with Crippen molar-refractivity contribution in [3.8, 4) is 5.75 Å². The monoisotopic (exact) mass is 494 g/mol. The summed E-state index contributed by atoms with van der Waals surface area (Å²) in [5.41, 5.74) is 5.82. The molecule has 0 spiro atoms. The molecule has 0 saturated heterocycles. The highest BCUT2D eigenvalue weighted by molar-refractivity contribution is 9.10. The molecule has 3 aromatic rings. The molecule has 0 aliphatic heterocycles. The number of fused-ring (bicyclic) bond motifs is 1. The first kappa shape index (κ1) is 23.1. The lowest BCUT2D eigenvalue weighted by Crippen LogP contribution is -2.34. The molecule has 1 aliphatic rings. The number of aryl methyl sites for hydroxylation is 1. The first-order chi connectivity index (χ1) is 15.1. The molecule has 1 aliphatic carbocycles. The number of benzene rings is 2. The quantitative estimate of drug-likeness (QED) is 0.351. The van der Waals surface area contributed by atoms with Crippen LogP contribution in [0.1, 0.15) is 87.9 Å². The third-order valence-electron chi connectivity index (χ3n) is 7.27. The van der Waals surface area contributed by atoms with Crippen LogP contribution in [0.4, 0.5) is 0 Å². The number of aromatic nitrogens is 2. The highest BCUT2D eigenvalue weighted by Crippen LogP contribution is 2.47. The molecule has 0 N–H and O–H groups in total. The van der Waals surface area contributed by atoms with Crippen molar-refractivity contribution < 1.29 is 4.74 Å². The van der Waals surface area contributed by atoms with E-state index < -0.39 is 0 Å². The Morgan fingerprint density at radius 1 is 1.03 bits per heavy atom. The second kappa shape index (κ2) is 8.70. The maximum atomic E-state index is 6.22. The summed E-state index contributed by atoms with van der Waals surface area (Å²) in [7, 11) is 2.06. The van der Waals surface area contributed by atoms with Crippen LogP contribution in [0, 0.1) is 0 Å². The van der Waals surface area contributed by atoms with E-state index in [9.17, 15) is 0 Å². The minimum Gasteiger partial charge on any atom is -0.489 e. The maximum Gasteiger partial charge on any atom is 0.119 e. The lowest BCUT2D eigenvalue weighted by atomic mass is 9.63. The van der Waals surface area contributed by atoms with Crippen LogP contribution in [0.5, 0.6) is 5.75 Å². The largest absolute Gasteiger partial charge is 0.489 e. The molecule has 1 unspecified atom stereocenters. The topological polar surface area (TPSA) is 27.1 Å². The standard InChI is InChI=1S/C28H35BrN2O/c1-7-22(26-30-14-15-31(26)6)19-8-10-21(11-9-19)32-18-20-16-23-24(17-25(20)29)28(4,5)13-12-27(23,2)3/h8-11,14-17,22H,7,12-13,18H2,1-6H3. The number of ether oxygens (including phenoxy) is 1. The fourth-order valence-electron chi connectivity index (χ4n) is 4.98. The molecule has 0 saturated carbocycles. The Kier molecular flexibility index (Phi) is 6.28. The minimum atomic E-state index is 0.197. The van der Waals surface area contributed by atoms with Crippen LogP contribution in [-0.4, -0.2) is 9.55 Å². The van der Waals surface area contributed by atoms with Crippen molar-refractivity contribution in [3.63, 3.8) is 0 Å². The average Bonchev–Trinajstić information content (AvgIpc) is 3.17. The third-order valence-corrected chi connectivity index (χ3v) is 8.01. The molecule has 1 heterocycles. The fourth-order valence-corrected chi connectivity index (χ4v) is 5.44. The lowest BCUT2D eigenvalue weighted by molar-refractivity contribution is 0.302. The van der Waals surface area contributed by atoms with Crippen molar-refractivity contribution in [2.45, 2.75) is 77.2 Å². The van der Waals surface area contributed by atoms with E-state index in [4.69, 9.17) is 4.74 Å². The lowest BCUT2D eigenvalue weighted by Gasteiger charge is -2.42. The molecule has 170 valence electrons. The zero-order valence-corrected chi connectivity index (χ0v) is 21.8. The molecule has 2 aromatic carbocycles. The van der Waals surface area contributed by atoms with Crippen molar-refractivity contribution in [1.82, 2.24) is 9.55 Å². The molecule has 0 radical (unpaired) electrons. The molecule has 32 heavy (non-hydrogen) atoms. The molecule has 4 rings (SSSR count). The summed E-state index contributed by atoms with van der Waals surface area (Å²) in [4.78, 5) is 4.55. The van der Waals surface area contributed by atoms with Gasteiger partial charge in [0.15, 0.2) is 0 Å². The summed E-state index contributed by atoms with van der Waals surface area (Å²) in [6, 6.07) is 13.2. The van der Waals surface area contributed by atoms with E-state index in [2.05, 4.69) is 104 Å². The predicted octanol–water partition coefficient (Wildman–Crippen LogP) is 7.65. The summed E-state index contributed by atoms with van der Waals surface area (Å²) < 4.78 is 9.46. The Labute approximate surface area is 201 Å².